The number of hydrogen-bond acceptors (Lipinski definition) is 7. The Balaban J connectivity index is 2.47. The van der Waals surface area contributed by atoms with E-state index >= 15 is 0 Å². The molecular weight excluding hydrogens is 606 g/mol. The SMILES string of the molecule is CC/C=C\C/C=C\C/C=C\C/C=C\C/C=C\CCCC(=O)NC(Cc1ccc(O)c(O)c1)C(=O)COC(C)OC(=O)CCCCCCC. The second-order valence-corrected chi connectivity index (χ2v) is 11.7. The van der Waals surface area contributed by atoms with Crippen molar-refractivity contribution in [3.05, 3.63) is 84.5 Å². The molecule has 1 aromatic carbocycles. The Labute approximate surface area is 288 Å². The Bertz CT molecular complexity index is 1200. The molecule has 0 aliphatic carbocycles. The molecule has 0 radical (unpaired) electrons. The van der Waals surface area contributed by atoms with Crippen molar-refractivity contribution in [1.29, 1.82) is 0 Å². The van der Waals surface area contributed by atoms with Gasteiger partial charge in [0.2, 0.25) is 12.2 Å². The average molecular weight is 666 g/mol. The van der Waals surface area contributed by atoms with Gasteiger partial charge in [0.1, 0.15) is 6.61 Å². The van der Waals surface area contributed by atoms with Crippen molar-refractivity contribution in [2.24, 2.45) is 0 Å². The normalized spacial score (nSPS) is 13.3. The number of amides is 1. The summed E-state index contributed by atoms with van der Waals surface area (Å²) >= 11 is 0. The maximum atomic E-state index is 13.1. The fraction of sp³-hybridized carbons (Fsp3) is 0.525. The van der Waals surface area contributed by atoms with E-state index in [1.54, 1.807) is 13.0 Å². The van der Waals surface area contributed by atoms with E-state index in [9.17, 15) is 24.6 Å². The lowest BCUT2D eigenvalue weighted by Gasteiger charge is -2.20. The van der Waals surface area contributed by atoms with Gasteiger partial charge in [-0.25, -0.2) is 0 Å². The quantitative estimate of drug-likeness (QED) is 0.0282. The van der Waals surface area contributed by atoms with E-state index in [-0.39, 0.29) is 42.8 Å². The van der Waals surface area contributed by atoms with Gasteiger partial charge in [-0.3, -0.25) is 14.4 Å². The lowest BCUT2D eigenvalue weighted by molar-refractivity contribution is -0.177. The van der Waals surface area contributed by atoms with Crippen LogP contribution in [-0.2, 0) is 30.3 Å². The summed E-state index contributed by atoms with van der Waals surface area (Å²) in [4.78, 5) is 38.0. The molecule has 1 aromatic rings. The number of phenols is 2. The number of carbonyl (C=O) groups is 3. The summed E-state index contributed by atoms with van der Waals surface area (Å²) < 4.78 is 10.8. The van der Waals surface area contributed by atoms with E-state index in [4.69, 9.17) is 9.47 Å². The molecule has 0 saturated carbocycles. The molecule has 0 fully saturated rings. The summed E-state index contributed by atoms with van der Waals surface area (Å²) in [6, 6.07) is 3.35. The van der Waals surface area contributed by atoms with E-state index in [0.29, 0.717) is 18.4 Å². The third-order valence-electron chi connectivity index (χ3n) is 7.38. The van der Waals surface area contributed by atoms with E-state index in [2.05, 4.69) is 79.9 Å². The number of esters is 1. The first-order chi connectivity index (χ1) is 23.3. The fourth-order valence-electron chi connectivity index (χ4n) is 4.64. The number of phenolic OH excluding ortho intramolecular Hbond substituents is 2. The van der Waals surface area contributed by atoms with Crippen molar-refractivity contribution in [2.45, 2.75) is 129 Å². The van der Waals surface area contributed by atoms with Crippen LogP contribution in [0, 0.1) is 0 Å². The number of ether oxygens (including phenoxy) is 2. The molecule has 266 valence electrons. The molecule has 3 N–H and O–H groups in total. The van der Waals surface area contributed by atoms with Crippen LogP contribution in [0.1, 0.15) is 116 Å². The van der Waals surface area contributed by atoms with Gasteiger partial charge in [-0.2, -0.15) is 0 Å². The smallest absolute Gasteiger partial charge is 0.308 e. The zero-order valence-corrected chi connectivity index (χ0v) is 29.4. The molecule has 0 spiro atoms. The van der Waals surface area contributed by atoms with Gasteiger partial charge in [0.05, 0.1) is 6.04 Å². The number of nitrogens with one attached hydrogen (secondary N) is 1. The molecule has 48 heavy (non-hydrogen) atoms. The lowest BCUT2D eigenvalue weighted by atomic mass is 10.0. The first kappa shape index (κ1) is 42.1. The second kappa shape index (κ2) is 28.1. The Morgan fingerprint density at radius 1 is 0.750 bits per heavy atom. The number of carbonyl (C=O) groups excluding carboxylic acids is 3. The highest BCUT2D eigenvalue weighted by Crippen LogP contribution is 2.25. The van der Waals surface area contributed by atoms with Crippen molar-refractivity contribution in [3.8, 4) is 11.5 Å². The van der Waals surface area contributed by atoms with Crippen LogP contribution in [-0.4, -0.2) is 46.8 Å². The summed E-state index contributed by atoms with van der Waals surface area (Å²) in [6.07, 6.45) is 32.3. The molecular formula is C40H59NO7. The van der Waals surface area contributed by atoms with Crippen molar-refractivity contribution >= 4 is 17.7 Å². The number of allylic oxidation sites excluding steroid dienone is 10. The molecule has 0 aliphatic heterocycles. The van der Waals surface area contributed by atoms with Gasteiger partial charge in [-0.05, 0) is 82.4 Å². The predicted molar refractivity (Wildman–Crippen MR) is 194 cm³/mol. The zero-order chi connectivity index (χ0) is 35.2. The maximum absolute atomic E-state index is 13.1. The van der Waals surface area contributed by atoms with E-state index in [1.807, 2.05) is 0 Å². The van der Waals surface area contributed by atoms with Crippen LogP contribution in [0.5, 0.6) is 11.5 Å². The Morgan fingerprint density at radius 2 is 1.35 bits per heavy atom. The van der Waals surface area contributed by atoms with Crippen molar-refractivity contribution in [1.82, 2.24) is 5.32 Å². The number of benzene rings is 1. The van der Waals surface area contributed by atoms with Gasteiger partial charge in [0.15, 0.2) is 17.3 Å². The first-order valence-corrected chi connectivity index (χ1v) is 17.7. The first-order valence-electron chi connectivity index (χ1n) is 17.7. The van der Waals surface area contributed by atoms with Crippen LogP contribution >= 0.6 is 0 Å². The molecule has 0 bridgehead atoms. The van der Waals surface area contributed by atoms with Crippen LogP contribution < -0.4 is 5.32 Å². The van der Waals surface area contributed by atoms with Crippen LogP contribution in [0.25, 0.3) is 0 Å². The van der Waals surface area contributed by atoms with E-state index < -0.39 is 18.1 Å². The van der Waals surface area contributed by atoms with Crippen LogP contribution in [0.3, 0.4) is 0 Å². The molecule has 1 amide bonds. The lowest BCUT2D eigenvalue weighted by Crippen LogP contribution is -2.44. The third kappa shape index (κ3) is 22.6. The highest BCUT2D eigenvalue weighted by molar-refractivity contribution is 5.90. The van der Waals surface area contributed by atoms with Gasteiger partial charge in [-0.1, -0.05) is 106 Å². The van der Waals surface area contributed by atoms with Gasteiger partial charge in [-0.15, -0.1) is 0 Å². The molecule has 2 atom stereocenters. The molecule has 0 aromatic heterocycles. The van der Waals surface area contributed by atoms with Crippen LogP contribution in [0.2, 0.25) is 0 Å². The van der Waals surface area contributed by atoms with Crippen molar-refractivity contribution in [2.75, 3.05) is 6.61 Å². The third-order valence-corrected chi connectivity index (χ3v) is 7.38. The Kier molecular flexibility index (Phi) is 24.7. The maximum Gasteiger partial charge on any atom is 0.308 e. The standard InChI is InChI=1S/C40H59NO7/c1-4-6-8-10-11-12-13-14-15-16-17-18-19-20-21-23-24-26-39(45)41-35(30-34-28-29-36(42)37(43)31-34)38(44)32-47-33(3)48-40(46)27-25-22-9-7-5-2/h6,8,11-12,14-15,17-18,20-21,28-29,31,33,35,42-43H,4-5,7,9-10,13,16,19,22-27,30,32H2,1-3H3,(H,41,45)/b8-6-,12-11-,15-14-,18-17-,21-20-. The highest BCUT2D eigenvalue weighted by Gasteiger charge is 2.23. The number of hydrogen-bond donors (Lipinski definition) is 3. The molecule has 8 nitrogen and oxygen atoms in total. The molecule has 0 heterocycles. The van der Waals surface area contributed by atoms with E-state index in [1.165, 1.54) is 12.1 Å². The second-order valence-electron chi connectivity index (χ2n) is 11.7. The van der Waals surface area contributed by atoms with Gasteiger partial charge in [0.25, 0.3) is 0 Å². The summed E-state index contributed by atoms with van der Waals surface area (Å²) in [5.74, 6) is -1.62. The topological polar surface area (TPSA) is 122 Å². The average Bonchev–Trinajstić information content (AvgIpc) is 3.06. The van der Waals surface area contributed by atoms with Crippen molar-refractivity contribution < 1.29 is 34.1 Å². The number of rotatable bonds is 27. The van der Waals surface area contributed by atoms with Crippen LogP contribution in [0.15, 0.2) is 79.0 Å². The molecule has 8 heteroatoms. The van der Waals surface area contributed by atoms with Gasteiger partial charge in [0, 0.05) is 12.8 Å². The van der Waals surface area contributed by atoms with Crippen LogP contribution in [0.4, 0.5) is 0 Å². The molecule has 0 aliphatic rings. The van der Waals surface area contributed by atoms with E-state index in [0.717, 1.165) is 70.6 Å². The number of ketones is 1. The minimum Gasteiger partial charge on any atom is -0.504 e. The summed E-state index contributed by atoms with van der Waals surface area (Å²) in [5, 5.41) is 22.3. The summed E-state index contributed by atoms with van der Waals surface area (Å²) in [7, 11) is 0. The Morgan fingerprint density at radius 3 is 1.96 bits per heavy atom. The summed E-state index contributed by atoms with van der Waals surface area (Å²) in [5.41, 5.74) is 0.560. The predicted octanol–water partition coefficient (Wildman–Crippen LogP) is 8.88. The minimum absolute atomic E-state index is 0.0997. The monoisotopic (exact) mass is 665 g/mol. The molecule has 2 unspecified atom stereocenters. The largest absolute Gasteiger partial charge is 0.504 e. The number of aromatic hydroxyl groups is 2. The summed E-state index contributed by atoms with van der Waals surface area (Å²) in [6.45, 7) is 5.46. The zero-order valence-electron chi connectivity index (χ0n) is 29.4. The van der Waals surface area contributed by atoms with Crippen molar-refractivity contribution in [3.63, 3.8) is 0 Å². The fourth-order valence-corrected chi connectivity index (χ4v) is 4.64. The highest BCUT2D eigenvalue weighted by atomic mass is 16.7. The Hall–Kier alpha value is -3.91. The van der Waals surface area contributed by atoms with Gasteiger partial charge < -0.3 is 25.0 Å². The molecule has 0 saturated heterocycles. The minimum atomic E-state index is -0.920. The van der Waals surface area contributed by atoms with Gasteiger partial charge >= 0.3 is 5.97 Å². The number of Topliss-reactive ketones (excluding diaryl/α,β-unsaturated/α-hetero) is 1. The number of unbranched alkanes of at least 4 members (excludes halogenated alkanes) is 5. The molecule has 1 rings (SSSR count).